The average molecular weight is 523 g/mol. The topological polar surface area (TPSA) is 46.0 Å². The number of fused-ring (bicyclic) bond motifs is 1. The molecule has 0 radical (unpaired) electrons. The lowest BCUT2D eigenvalue weighted by Crippen LogP contribution is -2.37. The molecule has 3 aromatic carbocycles. The molecule has 2 aromatic heterocycles. The molecule has 0 aliphatic carbocycles. The Bertz CT molecular complexity index is 1610. The third kappa shape index (κ3) is 4.98. The second-order valence-electron chi connectivity index (χ2n) is 11.3. The summed E-state index contributed by atoms with van der Waals surface area (Å²) in [6.45, 7) is 15.5. The van der Waals surface area contributed by atoms with Gasteiger partial charge in [-0.2, -0.15) is 0 Å². The fraction of sp³-hybridized carbons (Fsp3) is 0.250. The number of para-hydroxylation sites is 1. The molecule has 5 heteroatoms. The van der Waals surface area contributed by atoms with Crippen molar-refractivity contribution in [3.8, 4) is 38.7 Å². The lowest BCUT2D eigenvalue weighted by molar-refractivity contribution is 0.473. The number of aromatic hydroxyl groups is 1. The molecular weight excluding hydrogens is 489 g/mol. The quantitative estimate of drug-likeness (QED) is 0.235. The van der Waals surface area contributed by atoms with E-state index in [9.17, 15) is 5.11 Å². The van der Waals surface area contributed by atoms with Gasteiger partial charge in [-0.25, -0.2) is 4.98 Å². The Hall–Kier alpha value is -3.28. The Morgan fingerprint density at radius 3 is 2.30 bits per heavy atom. The first-order valence-electron chi connectivity index (χ1n) is 12.8. The fourth-order valence-corrected chi connectivity index (χ4v) is 6.76. The van der Waals surface area contributed by atoms with Crippen LogP contribution in [0, 0.1) is 13.8 Å². The standard InChI is InChI=1S/C32H34N2OSSi/c1-19(2)22-15-23(17-24(16-22)28-12-11-25(18-33-28)37(5,6)7)26-9-8-10-29-30(26)34-32(36-29)27-14-20(3)13-21(4)31(27)35/h8-19,35H,1-7H3. The van der Waals surface area contributed by atoms with E-state index in [1.807, 2.05) is 19.1 Å². The molecule has 0 saturated heterocycles. The van der Waals surface area contributed by atoms with Crippen LogP contribution in [0.1, 0.15) is 36.5 Å². The van der Waals surface area contributed by atoms with Crippen molar-refractivity contribution in [2.24, 2.45) is 0 Å². The van der Waals surface area contributed by atoms with Gasteiger partial charge in [0, 0.05) is 17.3 Å². The Morgan fingerprint density at radius 2 is 1.62 bits per heavy atom. The Morgan fingerprint density at radius 1 is 0.865 bits per heavy atom. The van der Waals surface area contributed by atoms with Crippen LogP contribution in [0.25, 0.3) is 43.2 Å². The van der Waals surface area contributed by atoms with Crippen LogP contribution >= 0.6 is 11.3 Å². The highest BCUT2D eigenvalue weighted by atomic mass is 32.1. The number of hydrogen-bond donors (Lipinski definition) is 1. The first-order chi connectivity index (χ1) is 17.5. The van der Waals surface area contributed by atoms with Crippen molar-refractivity contribution >= 4 is 34.8 Å². The summed E-state index contributed by atoms with van der Waals surface area (Å²) in [5, 5.41) is 13.0. The summed E-state index contributed by atoms with van der Waals surface area (Å²) >= 11 is 1.63. The Labute approximate surface area is 224 Å². The van der Waals surface area contributed by atoms with E-state index >= 15 is 0 Å². The van der Waals surface area contributed by atoms with Gasteiger partial charge in [-0.05, 0) is 77.5 Å². The third-order valence-corrected chi connectivity index (χ3v) is 10.0. The number of rotatable bonds is 5. The van der Waals surface area contributed by atoms with E-state index in [2.05, 4.69) is 95.1 Å². The second kappa shape index (κ2) is 9.55. The van der Waals surface area contributed by atoms with Crippen molar-refractivity contribution in [1.29, 1.82) is 0 Å². The van der Waals surface area contributed by atoms with Crippen molar-refractivity contribution in [2.75, 3.05) is 0 Å². The number of benzene rings is 3. The van der Waals surface area contributed by atoms with Gasteiger partial charge < -0.3 is 5.11 Å². The molecule has 1 N–H and O–H groups in total. The molecule has 0 unspecified atom stereocenters. The maximum Gasteiger partial charge on any atom is 0.128 e. The molecule has 0 amide bonds. The second-order valence-corrected chi connectivity index (χ2v) is 17.4. The van der Waals surface area contributed by atoms with Gasteiger partial charge in [0.2, 0.25) is 0 Å². The average Bonchev–Trinajstić information content (AvgIpc) is 3.29. The van der Waals surface area contributed by atoms with Crippen molar-refractivity contribution in [2.45, 2.75) is 53.3 Å². The minimum absolute atomic E-state index is 0.308. The minimum atomic E-state index is -1.40. The number of nitrogens with zero attached hydrogens (tertiary/aromatic N) is 2. The summed E-state index contributed by atoms with van der Waals surface area (Å²) in [6.07, 6.45) is 2.06. The molecule has 2 heterocycles. The highest BCUT2D eigenvalue weighted by molar-refractivity contribution is 7.21. The number of hydrogen-bond acceptors (Lipinski definition) is 4. The Balaban J connectivity index is 1.66. The van der Waals surface area contributed by atoms with Gasteiger partial charge in [-0.15, -0.1) is 11.3 Å². The highest BCUT2D eigenvalue weighted by Crippen LogP contribution is 2.41. The molecule has 0 aliphatic heterocycles. The molecule has 0 spiro atoms. The largest absolute Gasteiger partial charge is 0.507 e. The zero-order valence-corrected chi connectivity index (χ0v) is 24.5. The van der Waals surface area contributed by atoms with E-state index in [4.69, 9.17) is 9.97 Å². The number of phenols is 1. The molecule has 5 rings (SSSR count). The molecule has 0 atom stereocenters. The first kappa shape index (κ1) is 25.4. The summed E-state index contributed by atoms with van der Waals surface area (Å²) in [6, 6.07) is 21.6. The Kier molecular flexibility index (Phi) is 6.55. The van der Waals surface area contributed by atoms with Crippen LogP contribution in [0.15, 0.2) is 66.9 Å². The van der Waals surface area contributed by atoms with Crippen LogP contribution in [0.3, 0.4) is 0 Å². The van der Waals surface area contributed by atoms with Gasteiger partial charge in [0.1, 0.15) is 10.8 Å². The van der Waals surface area contributed by atoms with Crippen LogP contribution in [-0.4, -0.2) is 23.1 Å². The molecule has 0 saturated carbocycles. The molecule has 0 bridgehead atoms. The summed E-state index contributed by atoms with van der Waals surface area (Å²) < 4.78 is 1.11. The van der Waals surface area contributed by atoms with Crippen molar-refractivity contribution in [3.05, 3.63) is 83.6 Å². The zero-order valence-electron chi connectivity index (χ0n) is 22.7. The van der Waals surface area contributed by atoms with E-state index in [1.165, 1.54) is 10.8 Å². The molecule has 0 fully saturated rings. The summed E-state index contributed by atoms with van der Waals surface area (Å²) in [4.78, 5) is 9.94. The monoisotopic (exact) mass is 522 g/mol. The lowest BCUT2D eigenvalue weighted by Gasteiger charge is -2.17. The van der Waals surface area contributed by atoms with Gasteiger partial charge >= 0.3 is 0 Å². The molecule has 5 aromatic rings. The lowest BCUT2D eigenvalue weighted by atomic mass is 9.93. The smallest absolute Gasteiger partial charge is 0.128 e. The van der Waals surface area contributed by atoms with Gasteiger partial charge in [0.15, 0.2) is 0 Å². The van der Waals surface area contributed by atoms with Crippen LogP contribution in [0.4, 0.5) is 0 Å². The zero-order chi connectivity index (χ0) is 26.5. The van der Waals surface area contributed by atoms with Crippen LogP contribution in [0.2, 0.25) is 19.6 Å². The predicted molar refractivity (Wildman–Crippen MR) is 162 cm³/mol. The van der Waals surface area contributed by atoms with Gasteiger partial charge in [-0.1, -0.05) is 63.8 Å². The van der Waals surface area contributed by atoms with Gasteiger partial charge in [0.05, 0.1) is 29.5 Å². The van der Waals surface area contributed by atoms with E-state index in [0.29, 0.717) is 11.7 Å². The number of aromatic nitrogens is 2. The molecule has 0 aliphatic rings. The van der Waals surface area contributed by atoms with E-state index in [1.54, 1.807) is 11.3 Å². The summed E-state index contributed by atoms with van der Waals surface area (Å²) in [5.74, 6) is 0.695. The molecular formula is C32H34N2OSSi. The van der Waals surface area contributed by atoms with Crippen molar-refractivity contribution < 1.29 is 5.11 Å². The van der Waals surface area contributed by atoms with E-state index in [-0.39, 0.29) is 0 Å². The normalized spacial score (nSPS) is 12.0. The molecule has 3 nitrogen and oxygen atoms in total. The first-order valence-corrected chi connectivity index (χ1v) is 17.2. The van der Waals surface area contributed by atoms with Crippen LogP contribution in [0.5, 0.6) is 5.75 Å². The van der Waals surface area contributed by atoms with E-state index < -0.39 is 8.07 Å². The third-order valence-electron chi connectivity index (χ3n) is 6.95. The van der Waals surface area contributed by atoms with Crippen molar-refractivity contribution in [1.82, 2.24) is 9.97 Å². The van der Waals surface area contributed by atoms with E-state index in [0.717, 1.165) is 54.3 Å². The maximum absolute atomic E-state index is 10.8. The van der Waals surface area contributed by atoms with Crippen molar-refractivity contribution in [3.63, 3.8) is 0 Å². The van der Waals surface area contributed by atoms with Crippen LogP contribution in [-0.2, 0) is 0 Å². The fourth-order valence-electron chi connectivity index (χ4n) is 4.72. The maximum atomic E-state index is 10.8. The molecule has 37 heavy (non-hydrogen) atoms. The van der Waals surface area contributed by atoms with Gasteiger partial charge in [0.25, 0.3) is 0 Å². The number of thiazole rings is 1. The predicted octanol–water partition coefficient (Wildman–Crippen LogP) is 8.68. The molecule has 188 valence electrons. The number of aryl methyl sites for hydroxylation is 2. The number of phenolic OH excluding ortho intramolecular Hbond substituents is 1. The van der Waals surface area contributed by atoms with Gasteiger partial charge in [-0.3, -0.25) is 4.98 Å². The summed E-state index contributed by atoms with van der Waals surface area (Å²) in [5.41, 5.74) is 9.41. The van der Waals surface area contributed by atoms with Crippen LogP contribution < -0.4 is 5.19 Å². The minimum Gasteiger partial charge on any atom is -0.507 e. The number of pyridine rings is 1. The summed E-state index contributed by atoms with van der Waals surface area (Å²) in [7, 11) is -1.40. The highest BCUT2D eigenvalue weighted by Gasteiger charge is 2.19. The SMILES string of the molecule is Cc1cc(C)c(O)c(-c2nc3c(-c4cc(-c5ccc([Si](C)(C)C)cn5)cc(C(C)C)c4)cccc3s2)c1.